The van der Waals surface area contributed by atoms with Crippen LogP contribution in [0.3, 0.4) is 0 Å². The Kier molecular flexibility index (Phi) is 5.50. The minimum absolute atomic E-state index is 0.0641. The van der Waals surface area contributed by atoms with Crippen LogP contribution in [-0.4, -0.2) is 28.5 Å². The maximum absolute atomic E-state index is 12.9. The summed E-state index contributed by atoms with van der Waals surface area (Å²) in [5.74, 6) is -0.280. The number of carbonyl (C=O) groups is 3. The van der Waals surface area contributed by atoms with Gasteiger partial charge < -0.3 is 5.32 Å². The number of nitrogens with one attached hydrogen (secondary N) is 1. The molecule has 0 radical (unpaired) electrons. The molecule has 0 bridgehead atoms. The predicted molar refractivity (Wildman–Crippen MR) is 123 cm³/mol. The number of hydrogen-bond acceptors (Lipinski definition) is 6. The fourth-order valence-electron chi connectivity index (χ4n) is 4.36. The summed E-state index contributed by atoms with van der Waals surface area (Å²) in [5.41, 5.74) is 2.19. The number of para-hydroxylation sites is 1. The number of nitrogens with zero attached hydrogens (tertiary/aromatic N) is 2. The maximum Gasteiger partial charge on any atom is 0.237 e. The van der Waals surface area contributed by atoms with Crippen molar-refractivity contribution in [3.05, 3.63) is 48.5 Å². The van der Waals surface area contributed by atoms with Crippen LogP contribution in [-0.2, 0) is 14.4 Å². The number of thiazole rings is 1. The molecule has 2 aromatic carbocycles. The second-order valence-corrected chi connectivity index (χ2v) is 10.1. The minimum Gasteiger partial charge on any atom is -0.325 e. The molecule has 2 aliphatic rings. The van der Waals surface area contributed by atoms with Crippen LogP contribution in [0.5, 0.6) is 0 Å². The molecule has 1 saturated carbocycles. The number of hydrogen-bond donors (Lipinski definition) is 1. The molecule has 0 unspecified atom stereocenters. The second kappa shape index (κ2) is 8.43. The number of carbonyl (C=O) groups excluding carboxylic acids is 3. The van der Waals surface area contributed by atoms with E-state index in [0.29, 0.717) is 5.69 Å². The van der Waals surface area contributed by atoms with Gasteiger partial charge in [-0.25, -0.2) is 4.98 Å². The van der Waals surface area contributed by atoms with Crippen molar-refractivity contribution in [2.75, 3.05) is 16.0 Å². The van der Waals surface area contributed by atoms with Crippen LogP contribution in [0.2, 0.25) is 0 Å². The number of anilines is 2. The molecule has 31 heavy (non-hydrogen) atoms. The highest BCUT2D eigenvalue weighted by molar-refractivity contribution is 8.01. The van der Waals surface area contributed by atoms with E-state index >= 15 is 0 Å². The summed E-state index contributed by atoms with van der Waals surface area (Å²) in [7, 11) is 0. The van der Waals surface area contributed by atoms with Crippen molar-refractivity contribution in [3.8, 4) is 0 Å². The molecule has 1 saturated heterocycles. The Labute approximate surface area is 188 Å². The molecule has 8 heteroatoms. The van der Waals surface area contributed by atoms with E-state index in [9.17, 15) is 14.4 Å². The number of benzene rings is 2. The molecular formula is C23H21N3O3S2. The topological polar surface area (TPSA) is 79.4 Å². The van der Waals surface area contributed by atoms with Gasteiger partial charge in [-0.15, -0.1) is 11.3 Å². The second-order valence-electron chi connectivity index (χ2n) is 7.84. The Morgan fingerprint density at radius 1 is 1.06 bits per heavy atom. The summed E-state index contributed by atoms with van der Waals surface area (Å²) in [6, 6.07) is 14.9. The fraction of sp³-hybridized carbons (Fsp3) is 0.304. The molecular weight excluding hydrogens is 430 g/mol. The van der Waals surface area contributed by atoms with E-state index in [0.717, 1.165) is 45.9 Å². The molecule has 6 nitrogen and oxygen atoms in total. The molecule has 3 amide bonds. The van der Waals surface area contributed by atoms with Gasteiger partial charge in [-0.05, 0) is 43.2 Å². The van der Waals surface area contributed by atoms with Gasteiger partial charge in [0.1, 0.15) is 0 Å². The lowest BCUT2D eigenvalue weighted by atomic mass is 9.81. The van der Waals surface area contributed by atoms with Gasteiger partial charge in [0.2, 0.25) is 17.7 Å². The molecule has 1 N–H and O–H groups in total. The Morgan fingerprint density at radius 3 is 2.48 bits per heavy atom. The van der Waals surface area contributed by atoms with E-state index < -0.39 is 0 Å². The summed E-state index contributed by atoms with van der Waals surface area (Å²) < 4.78 is 1.68. The molecule has 158 valence electrons. The molecule has 2 fully saturated rings. The SMILES string of the molecule is O=C(CSc1nc2ccc(N3C(=O)[C@H]4CCCC[C@@H]4C3=O)cc2s1)Nc1ccccc1. The summed E-state index contributed by atoms with van der Waals surface area (Å²) in [6.45, 7) is 0. The zero-order valence-electron chi connectivity index (χ0n) is 16.7. The third-order valence-corrected chi connectivity index (χ3v) is 8.00. The largest absolute Gasteiger partial charge is 0.325 e. The van der Waals surface area contributed by atoms with Gasteiger partial charge in [0.05, 0.1) is 33.5 Å². The van der Waals surface area contributed by atoms with E-state index in [4.69, 9.17) is 0 Å². The normalized spacial score (nSPS) is 20.8. The van der Waals surface area contributed by atoms with E-state index in [1.165, 1.54) is 28.0 Å². The molecule has 1 aromatic heterocycles. The first kappa shape index (κ1) is 20.2. The van der Waals surface area contributed by atoms with Crippen LogP contribution in [0.4, 0.5) is 11.4 Å². The van der Waals surface area contributed by atoms with Gasteiger partial charge in [-0.3, -0.25) is 19.3 Å². The Hall–Kier alpha value is -2.71. The number of amides is 3. The quantitative estimate of drug-likeness (QED) is 0.449. The molecule has 1 aliphatic carbocycles. The maximum atomic E-state index is 12.9. The van der Waals surface area contributed by atoms with E-state index in [1.807, 2.05) is 42.5 Å². The molecule has 3 aromatic rings. The summed E-state index contributed by atoms with van der Waals surface area (Å²) in [4.78, 5) is 43.9. The molecule has 2 atom stereocenters. The van der Waals surface area contributed by atoms with Crippen molar-refractivity contribution in [1.82, 2.24) is 4.98 Å². The van der Waals surface area contributed by atoms with E-state index in [2.05, 4.69) is 10.3 Å². The zero-order chi connectivity index (χ0) is 21.4. The predicted octanol–water partition coefficient (Wildman–Crippen LogP) is 4.71. The zero-order valence-corrected chi connectivity index (χ0v) is 18.4. The highest BCUT2D eigenvalue weighted by Gasteiger charge is 2.48. The number of rotatable bonds is 5. The standard InChI is InChI=1S/C23H21N3O3S2/c27-20(24-14-6-2-1-3-7-14)13-30-23-25-18-11-10-15(12-19(18)31-23)26-21(28)16-8-4-5-9-17(16)22(26)29/h1-3,6-7,10-12,16-17H,4-5,8-9,13H2,(H,24,27)/t16-,17-/m0/s1. The van der Waals surface area contributed by atoms with Crippen molar-refractivity contribution >= 4 is 62.4 Å². The number of aromatic nitrogens is 1. The first-order valence-electron chi connectivity index (χ1n) is 10.4. The van der Waals surface area contributed by atoms with Crippen LogP contribution in [0.15, 0.2) is 52.9 Å². The minimum atomic E-state index is -0.160. The van der Waals surface area contributed by atoms with Crippen molar-refractivity contribution in [1.29, 1.82) is 0 Å². The summed E-state index contributed by atoms with van der Waals surface area (Å²) in [5, 5.41) is 2.86. The smallest absolute Gasteiger partial charge is 0.237 e. The van der Waals surface area contributed by atoms with Gasteiger partial charge in [0, 0.05) is 5.69 Å². The molecule has 2 heterocycles. The lowest BCUT2D eigenvalue weighted by Crippen LogP contribution is -2.30. The highest BCUT2D eigenvalue weighted by Crippen LogP contribution is 2.41. The number of fused-ring (bicyclic) bond motifs is 2. The van der Waals surface area contributed by atoms with Crippen molar-refractivity contribution < 1.29 is 14.4 Å². The Balaban J connectivity index is 1.29. The molecule has 1 aliphatic heterocycles. The third-order valence-electron chi connectivity index (χ3n) is 5.84. The average molecular weight is 452 g/mol. The molecule has 5 rings (SSSR count). The first-order chi connectivity index (χ1) is 15.1. The van der Waals surface area contributed by atoms with Gasteiger partial charge in [-0.1, -0.05) is 42.8 Å². The number of thioether (sulfide) groups is 1. The summed E-state index contributed by atoms with van der Waals surface area (Å²) >= 11 is 2.85. The number of imide groups is 1. The van der Waals surface area contributed by atoms with Gasteiger partial charge in [-0.2, -0.15) is 0 Å². The first-order valence-corrected chi connectivity index (χ1v) is 12.2. The lowest BCUT2D eigenvalue weighted by molar-refractivity contribution is -0.122. The van der Waals surface area contributed by atoms with Gasteiger partial charge in [0.15, 0.2) is 4.34 Å². The highest BCUT2D eigenvalue weighted by atomic mass is 32.2. The fourth-order valence-corrected chi connectivity index (χ4v) is 6.26. The lowest BCUT2D eigenvalue weighted by Gasteiger charge is -2.19. The van der Waals surface area contributed by atoms with Crippen LogP contribution < -0.4 is 10.2 Å². The van der Waals surface area contributed by atoms with Gasteiger partial charge in [0.25, 0.3) is 0 Å². The van der Waals surface area contributed by atoms with Crippen molar-refractivity contribution in [2.24, 2.45) is 11.8 Å². The van der Waals surface area contributed by atoms with Crippen LogP contribution in [0.1, 0.15) is 25.7 Å². The Morgan fingerprint density at radius 2 is 1.77 bits per heavy atom. The van der Waals surface area contributed by atoms with Crippen molar-refractivity contribution in [3.63, 3.8) is 0 Å². The van der Waals surface area contributed by atoms with E-state index in [1.54, 1.807) is 6.07 Å². The van der Waals surface area contributed by atoms with Gasteiger partial charge >= 0.3 is 0 Å². The van der Waals surface area contributed by atoms with Crippen LogP contribution in [0, 0.1) is 11.8 Å². The van der Waals surface area contributed by atoms with Crippen LogP contribution in [0.25, 0.3) is 10.2 Å². The van der Waals surface area contributed by atoms with Crippen LogP contribution >= 0.6 is 23.1 Å². The summed E-state index contributed by atoms with van der Waals surface area (Å²) in [6.07, 6.45) is 3.64. The Bertz CT molecular complexity index is 1140. The van der Waals surface area contributed by atoms with Crippen molar-refractivity contribution in [2.45, 2.75) is 30.0 Å². The van der Waals surface area contributed by atoms with E-state index in [-0.39, 0.29) is 35.3 Å². The molecule has 0 spiro atoms. The average Bonchev–Trinajstić information content (AvgIpc) is 3.31. The third kappa shape index (κ3) is 3.97. The monoisotopic (exact) mass is 451 g/mol.